The van der Waals surface area contributed by atoms with E-state index in [0.717, 1.165) is 12.1 Å². The molecule has 0 bridgehead atoms. The number of hydrazine groups is 1. The molecule has 0 radical (unpaired) electrons. The SMILES string of the molecule is Cc1ccc(C(=O)N2CC(C)CC(C)C2C)c(NN)c1. The highest BCUT2D eigenvalue weighted by atomic mass is 16.2. The van der Waals surface area contributed by atoms with Crippen molar-refractivity contribution in [3.05, 3.63) is 29.3 Å². The van der Waals surface area contributed by atoms with Crippen molar-refractivity contribution >= 4 is 11.6 Å². The molecule has 4 heteroatoms. The minimum atomic E-state index is 0.0730. The van der Waals surface area contributed by atoms with Crippen molar-refractivity contribution in [2.24, 2.45) is 17.7 Å². The molecule has 1 aromatic rings. The largest absolute Gasteiger partial charge is 0.335 e. The van der Waals surface area contributed by atoms with E-state index in [0.29, 0.717) is 23.1 Å². The molecule has 4 nitrogen and oxygen atoms in total. The fourth-order valence-corrected chi connectivity index (χ4v) is 3.10. The number of anilines is 1. The van der Waals surface area contributed by atoms with Crippen LogP contribution in [0.5, 0.6) is 0 Å². The summed E-state index contributed by atoms with van der Waals surface area (Å²) in [4.78, 5) is 14.8. The molecule has 1 amide bonds. The lowest BCUT2D eigenvalue weighted by Crippen LogP contribution is -2.49. The Morgan fingerprint density at radius 2 is 2.05 bits per heavy atom. The second-order valence-electron chi connectivity index (χ2n) is 6.21. The van der Waals surface area contributed by atoms with E-state index in [1.807, 2.05) is 30.0 Å². The van der Waals surface area contributed by atoms with E-state index in [2.05, 4.69) is 26.2 Å². The third-order valence-corrected chi connectivity index (χ3v) is 4.42. The van der Waals surface area contributed by atoms with Gasteiger partial charge >= 0.3 is 0 Å². The molecule has 2 rings (SSSR count). The van der Waals surface area contributed by atoms with Crippen LogP contribution in [-0.2, 0) is 0 Å². The summed E-state index contributed by atoms with van der Waals surface area (Å²) >= 11 is 0. The monoisotopic (exact) mass is 275 g/mol. The summed E-state index contributed by atoms with van der Waals surface area (Å²) < 4.78 is 0. The molecule has 20 heavy (non-hydrogen) atoms. The average molecular weight is 275 g/mol. The maximum absolute atomic E-state index is 12.8. The lowest BCUT2D eigenvalue weighted by Gasteiger charge is -2.41. The molecule has 1 aliphatic heterocycles. The number of nitrogens with zero attached hydrogens (tertiary/aromatic N) is 1. The Hall–Kier alpha value is -1.55. The fraction of sp³-hybridized carbons (Fsp3) is 0.562. The molecule has 0 aliphatic carbocycles. The number of nitrogens with one attached hydrogen (secondary N) is 1. The van der Waals surface area contributed by atoms with Crippen molar-refractivity contribution in [3.63, 3.8) is 0 Å². The van der Waals surface area contributed by atoms with Crippen molar-refractivity contribution in [2.45, 2.75) is 40.2 Å². The standard InChI is InChI=1S/C16H25N3O/c1-10-5-6-14(15(8-10)18-17)16(20)19-9-11(2)7-12(3)13(19)4/h5-6,8,11-13,18H,7,9,17H2,1-4H3. The number of hydrogen-bond donors (Lipinski definition) is 2. The number of piperidine rings is 1. The van der Waals surface area contributed by atoms with Crippen LogP contribution in [0.4, 0.5) is 5.69 Å². The zero-order valence-electron chi connectivity index (χ0n) is 12.8. The van der Waals surface area contributed by atoms with Gasteiger partial charge in [0.15, 0.2) is 0 Å². The van der Waals surface area contributed by atoms with Crippen LogP contribution in [0.15, 0.2) is 18.2 Å². The summed E-state index contributed by atoms with van der Waals surface area (Å²) in [6, 6.07) is 6.00. The van der Waals surface area contributed by atoms with E-state index in [-0.39, 0.29) is 11.9 Å². The van der Waals surface area contributed by atoms with Gasteiger partial charge < -0.3 is 10.3 Å². The number of aryl methyl sites for hydroxylation is 1. The van der Waals surface area contributed by atoms with Crippen LogP contribution in [-0.4, -0.2) is 23.4 Å². The number of nitrogens with two attached hydrogens (primary N) is 1. The molecule has 3 N–H and O–H groups in total. The van der Waals surface area contributed by atoms with Gasteiger partial charge in [-0.15, -0.1) is 0 Å². The van der Waals surface area contributed by atoms with Crippen LogP contribution < -0.4 is 11.3 Å². The van der Waals surface area contributed by atoms with Crippen LogP contribution in [0, 0.1) is 18.8 Å². The van der Waals surface area contributed by atoms with Gasteiger partial charge in [-0.1, -0.05) is 19.9 Å². The predicted octanol–water partition coefficient (Wildman–Crippen LogP) is 2.79. The number of carbonyl (C=O) groups excluding carboxylic acids is 1. The number of carbonyl (C=O) groups is 1. The molecule has 1 aromatic carbocycles. The van der Waals surface area contributed by atoms with Crippen molar-refractivity contribution in [2.75, 3.05) is 12.0 Å². The van der Waals surface area contributed by atoms with Crippen molar-refractivity contribution < 1.29 is 4.79 Å². The molecule has 0 aromatic heterocycles. The zero-order valence-corrected chi connectivity index (χ0v) is 12.8. The second-order valence-corrected chi connectivity index (χ2v) is 6.21. The quantitative estimate of drug-likeness (QED) is 0.644. The third kappa shape index (κ3) is 2.80. The van der Waals surface area contributed by atoms with Gasteiger partial charge in [0.05, 0.1) is 11.3 Å². The molecular formula is C16H25N3O. The Morgan fingerprint density at radius 1 is 1.35 bits per heavy atom. The molecule has 1 saturated heterocycles. The predicted molar refractivity (Wildman–Crippen MR) is 82.4 cm³/mol. The van der Waals surface area contributed by atoms with Gasteiger partial charge in [0, 0.05) is 12.6 Å². The Balaban J connectivity index is 2.30. The molecule has 1 fully saturated rings. The van der Waals surface area contributed by atoms with Crippen molar-refractivity contribution in [1.82, 2.24) is 4.90 Å². The highest BCUT2D eigenvalue weighted by Crippen LogP contribution is 2.29. The van der Waals surface area contributed by atoms with E-state index in [1.165, 1.54) is 6.42 Å². The van der Waals surface area contributed by atoms with Gasteiger partial charge in [-0.2, -0.15) is 0 Å². The van der Waals surface area contributed by atoms with E-state index < -0.39 is 0 Å². The fourth-order valence-electron chi connectivity index (χ4n) is 3.10. The zero-order chi connectivity index (χ0) is 14.9. The highest BCUT2D eigenvalue weighted by molar-refractivity contribution is 6.00. The van der Waals surface area contributed by atoms with Crippen LogP contribution in [0.1, 0.15) is 43.1 Å². The van der Waals surface area contributed by atoms with Gasteiger partial charge in [0.2, 0.25) is 0 Å². The summed E-state index contributed by atoms with van der Waals surface area (Å²) in [7, 11) is 0. The van der Waals surface area contributed by atoms with Gasteiger partial charge in [0.25, 0.3) is 5.91 Å². The molecule has 1 aliphatic rings. The maximum Gasteiger partial charge on any atom is 0.256 e. The first-order chi connectivity index (χ1) is 9.43. The van der Waals surface area contributed by atoms with Crippen LogP contribution in [0.25, 0.3) is 0 Å². The highest BCUT2D eigenvalue weighted by Gasteiger charge is 2.33. The van der Waals surface area contributed by atoms with E-state index >= 15 is 0 Å². The Bertz CT molecular complexity index is 500. The molecule has 0 spiro atoms. The number of amides is 1. The molecule has 110 valence electrons. The Kier molecular flexibility index (Phi) is 4.33. The first-order valence-electron chi connectivity index (χ1n) is 7.32. The minimum Gasteiger partial charge on any atom is -0.335 e. The maximum atomic E-state index is 12.8. The normalized spacial score (nSPS) is 26.4. The van der Waals surface area contributed by atoms with Crippen LogP contribution in [0.2, 0.25) is 0 Å². The molecule has 1 heterocycles. The third-order valence-electron chi connectivity index (χ3n) is 4.42. The van der Waals surface area contributed by atoms with E-state index in [4.69, 9.17) is 5.84 Å². The summed E-state index contributed by atoms with van der Waals surface area (Å²) in [6.45, 7) is 9.38. The van der Waals surface area contributed by atoms with E-state index in [9.17, 15) is 4.79 Å². The number of hydrogen-bond acceptors (Lipinski definition) is 3. The number of rotatable bonds is 2. The Morgan fingerprint density at radius 3 is 2.70 bits per heavy atom. The Labute approximate surface area is 121 Å². The number of nitrogen functional groups attached to an aromatic ring is 1. The summed E-state index contributed by atoms with van der Waals surface area (Å²) in [5, 5.41) is 0. The molecular weight excluding hydrogens is 250 g/mol. The minimum absolute atomic E-state index is 0.0730. The summed E-state index contributed by atoms with van der Waals surface area (Å²) in [5.41, 5.74) is 5.09. The van der Waals surface area contributed by atoms with E-state index in [1.54, 1.807) is 0 Å². The van der Waals surface area contributed by atoms with Crippen molar-refractivity contribution in [1.29, 1.82) is 0 Å². The average Bonchev–Trinajstić information content (AvgIpc) is 2.41. The topological polar surface area (TPSA) is 58.4 Å². The van der Waals surface area contributed by atoms with Crippen molar-refractivity contribution in [3.8, 4) is 0 Å². The van der Waals surface area contributed by atoms with Gasteiger partial charge in [0.1, 0.15) is 0 Å². The van der Waals surface area contributed by atoms with Gasteiger partial charge in [-0.05, 0) is 49.8 Å². The molecule has 0 saturated carbocycles. The second kappa shape index (κ2) is 5.83. The first kappa shape index (κ1) is 14.9. The van der Waals surface area contributed by atoms with Gasteiger partial charge in [-0.3, -0.25) is 10.6 Å². The molecule has 3 atom stereocenters. The number of benzene rings is 1. The lowest BCUT2D eigenvalue weighted by molar-refractivity contribution is 0.0456. The summed E-state index contributed by atoms with van der Waals surface area (Å²) in [6.07, 6.45) is 1.18. The summed E-state index contributed by atoms with van der Waals surface area (Å²) in [5.74, 6) is 6.70. The van der Waals surface area contributed by atoms with Crippen LogP contribution >= 0.6 is 0 Å². The smallest absolute Gasteiger partial charge is 0.256 e. The molecule has 3 unspecified atom stereocenters. The lowest BCUT2D eigenvalue weighted by atomic mass is 9.85. The number of likely N-dealkylation sites (tertiary alicyclic amines) is 1. The van der Waals surface area contributed by atoms with Gasteiger partial charge in [-0.25, -0.2) is 0 Å². The van der Waals surface area contributed by atoms with Crippen LogP contribution in [0.3, 0.4) is 0 Å². The first-order valence-corrected chi connectivity index (χ1v) is 7.32.